The Hall–Kier alpha value is -1.06. The SMILES string of the molecule is CCc1nnc(NS(=O)(=O)c2sccc2Br)nc1CC. The Bertz CT molecular complexity index is 715. The van der Waals surface area contributed by atoms with Crippen molar-refractivity contribution < 1.29 is 8.42 Å². The molecule has 0 spiro atoms. The highest BCUT2D eigenvalue weighted by Gasteiger charge is 2.21. The molecule has 0 saturated carbocycles. The molecule has 0 aliphatic carbocycles. The maximum atomic E-state index is 12.2. The molecule has 0 unspecified atom stereocenters. The van der Waals surface area contributed by atoms with Crippen molar-refractivity contribution in [2.45, 2.75) is 30.9 Å². The van der Waals surface area contributed by atoms with Crippen LogP contribution in [0.15, 0.2) is 20.1 Å². The number of sulfonamides is 1. The van der Waals surface area contributed by atoms with E-state index in [2.05, 4.69) is 35.8 Å². The average Bonchev–Trinajstić information content (AvgIpc) is 2.85. The van der Waals surface area contributed by atoms with E-state index >= 15 is 0 Å². The molecular formula is C11H13BrN4O2S2. The first-order valence-corrected chi connectivity index (χ1v) is 9.11. The number of hydrogen-bond donors (Lipinski definition) is 1. The zero-order chi connectivity index (χ0) is 14.8. The fourth-order valence-electron chi connectivity index (χ4n) is 1.62. The Balaban J connectivity index is 2.33. The monoisotopic (exact) mass is 376 g/mol. The predicted molar refractivity (Wildman–Crippen MR) is 81.4 cm³/mol. The van der Waals surface area contributed by atoms with Crippen molar-refractivity contribution in [2.75, 3.05) is 4.72 Å². The molecule has 2 aromatic heterocycles. The fraction of sp³-hybridized carbons (Fsp3) is 0.364. The van der Waals surface area contributed by atoms with Gasteiger partial charge in [0.1, 0.15) is 0 Å². The quantitative estimate of drug-likeness (QED) is 0.866. The van der Waals surface area contributed by atoms with Crippen LogP contribution in [0.4, 0.5) is 5.95 Å². The van der Waals surface area contributed by atoms with E-state index in [1.54, 1.807) is 11.4 Å². The normalized spacial score (nSPS) is 11.6. The number of nitrogens with one attached hydrogen (secondary N) is 1. The number of hydrogen-bond acceptors (Lipinski definition) is 6. The van der Waals surface area contributed by atoms with Crippen LogP contribution in [0, 0.1) is 0 Å². The molecule has 20 heavy (non-hydrogen) atoms. The maximum absolute atomic E-state index is 12.2. The van der Waals surface area contributed by atoms with E-state index in [4.69, 9.17) is 0 Å². The Morgan fingerprint density at radius 2 is 1.95 bits per heavy atom. The number of anilines is 1. The van der Waals surface area contributed by atoms with Crippen LogP contribution in [-0.4, -0.2) is 23.6 Å². The third-order valence-corrected chi connectivity index (χ3v) is 6.56. The molecule has 2 rings (SSSR count). The van der Waals surface area contributed by atoms with Gasteiger partial charge in [-0.25, -0.2) is 18.1 Å². The summed E-state index contributed by atoms with van der Waals surface area (Å²) in [6.45, 7) is 3.90. The molecule has 0 bridgehead atoms. The minimum atomic E-state index is -3.69. The third-order valence-electron chi connectivity index (χ3n) is 2.56. The van der Waals surface area contributed by atoms with Gasteiger partial charge in [-0.3, -0.25) is 0 Å². The summed E-state index contributed by atoms with van der Waals surface area (Å²) in [5.74, 6) is -0.000602. The van der Waals surface area contributed by atoms with Gasteiger partial charge in [0.15, 0.2) is 4.21 Å². The van der Waals surface area contributed by atoms with Crippen molar-refractivity contribution in [1.29, 1.82) is 0 Å². The van der Waals surface area contributed by atoms with Gasteiger partial charge in [0.05, 0.1) is 11.4 Å². The van der Waals surface area contributed by atoms with Crippen LogP contribution in [0.3, 0.4) is 0 Å². The van der Waals surface area contributed by atoms with E-state index in [-0.39, 0.29) is 10.2 Å². The number of aryl methyl sites for hydroxylation is 2. The Morgan fingerprint density at radius 1 is 1.25 bits per heavy atom. The second kappa shape index (κ2) is 6.15. The fourth-order valence-corrected chi connectivity index (χ4v) is 4.90. The van der Waals surface area contributed by atoms with E-state index in [0.717, 1.165) is 22.7 Å². The number of rotatable bonds is 5. The van der Waals surface area contributed by atoms with Crippen LogP contribution in [0.2, 0.25) is 0 Å². The summed E-state index contributed by atoms with van der Waals surface area (Å²) in [5, 5.41) is 9.52. The van der Waals surface area contributed by atoms with Crippen LogP contribution >= 0.6 is 27.3 Å². The second-order valence-electron chi connectivity index (χ2n) is 3.90. The summed E-state index contributed by atoms with van der Waals surface area (Å²) in [7, 11) is -3.69. The molecule has 9 heteroatoms. The Morgan fingerprint density at radius 3 is 2.50 bits per heavy atom. The lowest BCUT2D eigenvalue weighted by molar-refractivity contribution is 0.602. The maximum Gasteiger partial charge on any atom is 0.274 e. The topological polar surface area (TPSA) is 84.8 Å². The molecular weight excluding hydrogens is 364 g/mol. The summed E-state index contributed by atoms with van der Waals surface area (Å²) in [4.78, 5) is 4.21. The second-order valence-corrected chi connectivity index (χ2v) is 7.55. The summed E-state index contributed by atoms with van der Waals surface area (Å²) in [6, 6.07) is 1.68. The first-order chi connectivity index (χ1) is 9.47. The Kier molecular flexibility index (Phi) is 4.71. The zero-order valence-corrected chi connectivity index (χ0v) is 14.1. The van der Waals surface area contributed by atoms with Crippen LogP contribution in [-0.2, 0) is 22.9 Å². The van der Waals surface area contributed by atoms with Gasteiger partial charge in [0.25, 0.3) is 16.0 Å². The lowest BCUT2D eigenvalue weighted by Gasteiger charge is -2.07. The molecule has 2 heterocycles. The van der Waals surface area contributed by atoms with Crippen LogP contribution in [0.25, 0.3) is 0 Å². The van der Waals surface area contributed by atoms with Crippen LogP contribution < -0.4 is 4.72 Å². The molecule has 0 aliphatic rings. The highest BCUT2D eigenvalue weighted by Crippen LogP contribution is 2.28. The van der Waals surface area contributed by atoms with Crippen molar-refractivity contribution in [3.05, 3.63) is 27.3 Å². The van der Waals surface area contributed by atoms with Gasteiger partial charge in [-0.05, 0) is 40.2 Å². The van der Waals surface area contributed by atoms with Gasteiger partial charge in [-0.2, -0.15) is 0 Å². The predicted octanol–water partition coefficient (Wildman–Crippen LogP) is 2.62. The van der Waals surface area contributed by atoms with Crippen molar-refractivity contribution in [3.8, 4) is 0 Å². The summed E-state index contributed by atoms with van der Waals surface area (Å²) in [5.41, 5.74) is 1.54. The van der Waals surface area contributed by atoms with Gasteiger partial charge < -0.3 is 0 Å². The summed E-state index contributed by atoms with van der Waals surface area (Å²) < 4.78 is 27.5. The lowest BCUT2D eigenvalue weighted by Crippen LogP contribution is -2.16. The molecule has 0 atom stereocenters. The zero-order valence-electron chi connectivity index (χ0n) is 10.9. The van der Waals surface area contributed by atoms with Crippen molar-refractivity contribution in [1.82, 2.24) is 15.2 Å². The highest BCUT2D eigenvalue weighted by atomic mass is 79.9. The molecule has 108 valence electrons. The number of thiophene rings is 1. The molecule has 0 fully saturated rings. The average molecular weight is 377 g/mol. The van der Waals surface area contributed by atoms with Crippen molar-refractivity contribution in [2.24, 2.45) is 0 Å². The summed E-state index contributed by atoms with van der Waals surface area (Å²) >= 11 is 4.32. The molecule has 0 aliphatic heterocycles. The van der Waals surface area contributed by atoms with E-state index in [1.165, 1.54) is 0 Å². The molecule has 0 radical (unpaired) electrons. The minimum Gasteiger partial charge on any atom is -0.245 e. The van der Waals surface area contributed by atoms with Gasteiger partial charge in [0, 0.05) is 4.47 Å². The standard InChI is InChI=1S/C11H13BrN4O2S2/c1-3-8-9(4-2)14-15-11(13-8)16-20(17,18)10-7(12)5-6-19-10/h5-6H,3-4H2,1-2H3,(H,13,15,16). The van der Waals surface area contributed by atoms with E-state index < -0.39 is 10.0 Å². The van der Waals surface area contributed by atoms with E-state index in [9.17, 15) is 8.42 Å². The van der Waals surface area contributed by atoms with Gasteiger partial charge in [0.2, 0.25) is 0 Å². The van der Waals surface area contributed by atoms with Gasteiger partial charge >= 0.3 is 0 Å². The largest absolute Gasteiger partial charge is 0.274 e. The molecule has 2 aromatic rings. The highest BCUT2D eigenvalue weighted by molar-refractivity contribution is 9.10. The van der Waals surface area contributed by atoms with Gasteiger partial charge in [-0.15, -0.1) is 21.5 Å². The first kappa shape index (κ1) is 15.3. The molecule has 0 amide bonds. The molecule has 0 aromatic carbocycles. The third kappa shape index (κ3) is 3.15. The molecule has 6 nitrogen and oxygen atoms in total. The van der Waals surface area contributed by atoms with Crippen LogP contribution in [0.5, 0.6) is 0 Å². The Labute approximate surface area is 129 Å². The van der Waals surface area contributed by atoms with Crippen LogP contribution in [0.1, 0.15) is 25.2 Å². The molecule has 1 N–H and O–H groups in total. The molecule has 0 saturated heterocycles. The smallest absolute Gasteiger partial charge is 0.245 e. The number of halogens is 1. The number of aromatic nitrogens is 3. The number of nitrogens with zero attached hydrogens (tertiary/aromatic N) is 3. The van der Waals surface area contributed by atoms with Crippen molar-refractivity contribution in [3.63, 3.8) is 0 Å². The minimum absolute atomic E-state index is 0.000602. The van der Waals surface area contributed by atoms with Gasteiger partial charge in [-0.1, -0.05) is 13.8 Å². The van der Waals surface area contributed by atoms with Crippen molar-refractivity contribution >= 4 is 43.2 Å². The van der Waals surface area contributed by atoms with E-state index in [1.807, 2.05) is 13.8 Å². The summed E-state index contributed by atoms with van der Waals surface area (Å²) in [6.07, 6.45) is 1.39. The lowest BCUT2D eigenvalue weighted by atomic mass is 10.2. The first-order valence-electron chi connectivity index (χ1n) is 5.96. The van der Waals surface area contributed by atoms with E-state index in [0.29, 0.717) is 17.3 Å².